The van der Waals surface area contributed by atoms with E-state index in [1.54, 1.807) is 18.2 Å². The van der Waals surface area contributed by atoms with E-state index in [4.69, 9.17) is 4.74 Å². The van der Waals surface area contributed by atoms with Crippen LogP contribution in [0.2, 0.25) is 0 Å². The summed E-state index contributed by atoms with van der Waals surface area (Å²) in [6.07, 6.45) is -0.493. The molecule has 3 nitrogen and oxygen atoms in total. The minimum absolute atomic E-state index is 0. The predicted molar refractivity (Wildman–Crippen MR) is 64.7 cm³/mol. The van der Waals surface area contributed by atoms with Crippen LogP contribution in [0.25, 0.3) is 0 Å². The van der Waals surface area contributed by atoms with Crippen LogP contribution < -0.4 is 5.32 Å². The molecular weight excluding hydrogens is 245 g/mol. The smallest absolute Gasteiger partial charge is 0.407 e. The summed E-state index contributed by atoms with van der Waals surface area (Å²) in [4.78, 5) is 11.2. The lowest BCUT2D eigenvalue weighted by Gasteiger charge is -2.38. The molecule has 1 N–H and O–H groups in total. The number of amides is 1. The number of ether oxygens (including phenoxy) is 1. The minimum atomic E-state index is -0.493. The Morgan fingerprint density at radius 1 is 1.41 bits per heavy atom. The van der Waals surface area contributed by atoms with E-state index in [2.05, 4.69) is 5.32 Å². The highest BCUT2D eigenvalue weighted by molar-refractivity contribution is 5.85. The van der Waals surface area contributed by atoms with Crippen LogP contribution in [-0.4, -0.2) is 12.7 Å². The first kappa shape index (κ1) is 13.8. The summed E-state index contributed by atoms with van der Waals surface area (Å²) in [6.45, 7) is 4.16. The fraction of sp³-hybridized carbons (Fsp3) is 0.417. The molecule has 17 heavy (non-hydrogen) atoms. The summed E-state index contributed by atoms with van der Waals surface area (Å²) in [5.41, 5.74) is 0.181. The zero-order valence-electron chi connectivity index (χ0n) is 9.70. The molecule has 1 aliphatic heterocycles. The summed E-state index contributed by atoms with van der Waals surface area (Å²) < 4.78 is 18.6. The van der Waals surface area contributed by atoms with Crippen LogP contribution in [0.1, 0.15) is 25.5 Å². The van der Waals surface area contributed by atoms with Gasteiger partial charge in [-0.2, -0.15) is 0 Å². The highest BCUT2D eigenvalue weighted by Gasteiger charge is 2.38. The quantitative estimate of drug-likeness (QED) is 0.842. The molecule has 1 amide bonds. The molecular formula is C12H15ClFNO2. The maximum absolute atomic E-state index is 13.7. The Morgan fingerprint density at radius 2 is 2.06 bits per heavy atom. The van der Waals surface area contributed by atoms with Crippen LogP contribution in [0.15, 0.2) is 24.3 Å². The predicted octanol–water partition coefficient (Wildman–Crippen LogP) is 3.05. The Kier molecular flexibility index (Phi) is 3.98. The molecule has 1 aromatic carbocycles. The van der Waals surface area contributed by atoms with Gasteiger partial charge in [-0.15, -0.1) is 12.4 Å². The number of rotatable bonds is 1. The first-order valence-electron chi connectivity index (χ1n) is 5.18. The highest BCUT2D eigenvalue weighted by Crippen LogP contribution is 2.37. The normalized spacial score (nSPS) is 22.1. The first-order chi connectivity index (χ1) is 7.50. The van der Waals surface area contributed by atoms with Crippen molar-refractivity contribution in [3.05, 3.63) is 35.6 Å². The lowest BCUT2D eigenvalue weighted by atomic mass is 9.80. The van der Waals surface area contributed by atoms with E-state index < -0.39 is 6.09 Å². The van der Waals surface area contributed by atoms with Crippen LogP contribution in [-0.2, 0) is 4.74 Å². The van der Waals surface area contributed by atoms with Gasteiger partial charge in [-0.25, -0.2) is 9.18 Å². The molecule has 0 saturated carbocycles. The Balaban J connectivity index is 0.00000144. The highest BCUT2D eigenvalue weighted by atomic mass is 35.5. The molecule has 94 valence electrons. The van der Waals surface area contributed by atoms with Crippen molar-refractivity contribution in [2.24, 2.45) is 5.41 Å². The lowest BCUT2D eigenvalue weighted by Crippen LogP contribution is -2.47. The molecule has 0 aliphatic carbocycles. The maximum Gasteiger partial charge on any atom is 0.407 e. The van der Waals surface area contributed by atoms with Crippen molar-refractivity contribution >= 4 is 18.5 Å². The van der Waals surface area contributed by atoms with Gasteiger partial charge in [0, 0.05) is 11.0 Å². The SMILES string of the molecule is CC1(C)COC(=O)N[C@@H]1c1ccccc1F.Cl. The van der Waals surface area contributed by atoms with Gasteiger partial charge >= 0.3 is 6.09 Å². The third-order valence-corrected chi connectivity index (χ3v) is 2.84. The van der Waals surface area contributed by atoms with Gasteiger partial charge < -0.3 is 10.1 Å². The van der Waals surface area contributed by atoms with Crippen LogP contribution in [0.5, 0.6) is 0 Å². The van der Waals surface area contributed by atoms with Gasteiger partial charge in [-0.05, 0) is 6.07 Å². The van der Waals surface area contributed by atoms with Gasteiger partial charge in [-0.1, -0.05) is 32.0 Å². The number of benzene rings is 1. The second-order valence-corrected chi connectivity index (χ2v) is 4.66. The van der Waals surface area contributed by atoms with E-state index >= 15 is 0 Å². The van der Waals surface area contributed by atoms with Crippen LogP contribution in [0.4, 0.5) is 9.18 Å². The summed E-state index contributed by atoms with van der Waals surface area (Å²) in [6, 6.07) is 6.12. The Morgan fingerprint density at radius 3 is 2.71 bits per heavy atom. The van der Waals surface area contributed by atoms with Crippen molar-refractivity contribution in [3.63, 3.8) is 0 Å². The summed E-state index contributed by atoms with van der Waals surface area (Å²) in [5, 5.41) is 2.66. The summed E-state index contributed by atoms with van der Waals surface area (Å²) >= 11 is 0. The third-order valence-electron chi connectivity index (χ3n) is 2.84. The summed E-state index contributed by atoms with van der Waals surface area (Å²) in [5.74, 6) is -0.303. The minimum Gasteiger partial charge on any atom is -0.449 e. The molecule has 0 bridgehead atoms. The Labute approximate surface area is 106 Å². The van der Waals surface area contributed by atoms with Gasteiger partial charge in [0.2, 0.25) is 0 Å². The monoisotopic (exact) mass is 259 g/mol. The number of hydrogen-bond acceptors (Lipinski definition) is 2. The molecule has 5 heteroatoms. The topological polar surface area (TPSA) is 38.3 Å². The van der Waals surface area contributed by atoms with Crippen molar-refractivity contribution in [2.75, 3.05) is 6.61 Å². The fourth-order valence-corrected chi connectivity index (χ4v) is 1.90. The van der Waals surface area contributed by atoms with Crippen LogP contribution in [0, 0.1) is 11.2 Å². The Bertz CT molecular complexity index is 423. The number of alkyl carbamates (subject to hydrolysis) is 1. The zero-order valence-corrected chi connectivity index (χ0v) is 10.5. The van der Waals surface area contributed by atoms with Crippen molar-refractivity contribution in [2.45, 2.75) is 19.9 Å². The Hall–Kier alpha value is -1.29. The van der Waals surface area contributed by atoms with Gasteiger partial charge in [0.05, 0.1) is 6.04 Å². The number of carbonyl (C=O) groups is 1. The van der Waals surface area contributed by atoms with E-state index in [9.17, 15) is 9.18 Å². The first-order valence-corrected chi connectivity index (χ1v) is 5.18. The molecule has 0 spiro atoms. The van der Waals surface area contributed by atoms with Gasteiger partial charge in [0.15, 0.2) is 0 Å². The van der Waals surface area contributed by atoms with E-state index in [1.165, 1.54) is 6.07 Å². The van der Waals surface area contributed by atoms with E-state index in [-0.39, 0.29) is 36.3 Å². The molecule has 1 aromatic rings. The van der Waals surface area contributed by atoms with E-state index in [1.807, 2.05) is 13.8 Å². The number of halogens is 2. The average molecular weight is 260 g/mol. The number of nitrogens with one attached hydrogen (secondary N) is 1. The molecule has 1 aliphatic rings. The number of carbonyl (C=O) groups excluding carboxylic acids is 1. The van der Waals surface area contributed by atoms with E-state index in [0.29, 0.717) is 5.56 Å². The van der Waals surface area contributed by atoms with Crippen LogP contribution >= 0.6 is 12.4 Å². The summed E-state index contributed by atoms with van der Waals surface area (Å²) in [7, 11) is 0. The number of hydrogen-bond donors (Lipinski definition) is 1. The average Bonchev–Trinajstić information content (AvgIpc) is 2.23. The zero-order chi connectivity index (χ0) is 11.8. The number of cyclic esters (lactones) is 1. The van der Waals surface area contributed by atoms with Crippen molar-refractivity contribution in [1.82, 2.24) is 5.32 Å². The fourth-order valence-electron chi connectivity index (χ4n) is 1.90. The molecule has 0 aromatic heterocycles. The third kappa shape index (κ3) is 2.69. The standard InChI is InChI=1S/C12H14FNO2.ClH/c1-12(2)7-16-11(15)14-10(12)8-5-3-4-6-9(8)13;/h3-6,10H,7H2,1-2H3,(H,14,15);1H/t10-;/m1./s1. The molecule has 0 radical (unpaired) electrons. The molecule has 0 unspecified atom stereocenters. The van der Waals surface area contributed by atoms with Crippen LogP contribution in [0.3, 0.4) is 0 Å². The lowest BCUT2D eigenvalue weighted by molar-refractivity contribution is 0.0378. The molecule has 1 fully saturated rings. The van der Waals surface area contributed by atoms with E-state index in [0.717, 1.165) is 0 Å². The van der Waals surface area contributed by atoms with Crippen molar-refractivity contribution < 1.29 is 13.9 Å². The maximum atomic E-state index is 13.7. The van der Waals surface area contributed by atoms with Gasteiger partial charge in [0.1, 0.15) is 12.4 Å². The molecule has 1 heterocycles. The van der Waals surface area contributed by atoms with Crippen molar-refractivity contribution in [1.29, 1.82) is 0 Å². The molecule has 1 saturated heterocycles. The molecule has 1 atom stereocenters. The van der Waals surface area contributed by atoms with Gasteiger partial charge in [0.25, 0.3) is 0 Å². The van der Waals surface area contributed by atoms with Gasteiger partial charge in [-0.3, -0.25) is 0 Å². The second-order valence-electron chi connectivity index (χ2n) is 4.66. The second kappa shape index (κ2) is 4.92. The largest absolute Gasteiger partial charge is 0.449 e. The van der Waals surface area contributed by atoms with Crippen molar-refractivity contribution in [3.8, 4) is 0 Å². The molecule has 2 rings (SSSR count).